The average Bonchev–Trinajstić information content (AvgIpc) is 2.71. The van der Waals surface area contributed by atoms with Crippen molar-refractivity contribution in [3.8, 4) is 11.5 Å². The number of Topliss-reactive ketones (excluding diaryl/α,β-unsaturated/α-hetero) is 1. The van der Waals surface area contributed by atoms with Gasteiger partial charge in [-0.15, -0.1) is 0 Å². The summed E-state index contributed by atoms with van der Waals surface area (Å²) in [5.41, 5.74) is 3.39. The number of rotatable bonds is 5. The molecule has 1 aliphatic heterocycles. The Morgan fingerprint density at radius 2 is 2.03 bits per heavy atom. The zero-order valence-electron chi connectivity index (χ0n) is 16.0. The quantitative estimate of drug-likeness (QED) is 0.686. The van der Waals surface area contributed by atoms with Crippen molar-refractivity contribution >= 4 is 34.7 Å². The van der Waals surface area contributed by atoms with Crippen LogP contribution in [0.2, 0.25) is 5.02 Å². The monoisotopic (exact) mass is 428 g/mol. The highest BCUT2D eigenvalue weighted by Gasteiger charge is 2.35. The van der Waals surface area contributed by atoms with E-state index in [1.807, 2.05) is 42.5 Å². The van der Waals surface area contributed by atoms with E-state index in [0.717, 1.165) is 35.2 Å². The van der Waals surface area contributed by atoms with Crippen LogP contribution in [0, 0.1) is 0 Å². The van der Waals surface area contributed by atoms with E-state index in [1.165, 1.54) is 0 Å². The van der Waals surface area contributed by atoms with Gasteiger partial charge < -0.3 is 20.1 Å². The molecule has 0 bridgehead atoms. The number of para-hydroxylation sites is 1. The summed E-state index contributed by atoms with van der Waals surface area (Å²) in [6.45, 7) is 0.323. The number of methoxy groups -OCH3 is 1. The molecule has 0 aromatic heterocycles. The smallest absolute Gasteiger partial charge is 0.171 e. The number of benzene rings is 2. The maximum absolute atomic E-state index is 12.7. The van der Waals surface area contributed by atoms with Gasteiger partial charge in [-0.25, -0.2) is 0 Å². The van der Waals surface area contributed by atoms with Gasteiger partial charge in [-0.2, -0.15) is 0 Å². The molecule has 5 nitrogen and oxygen atoms in total. The second-order valence-corrected chi connectivity index (χ2v) is 7.84. The van der Waals surface area contributed by atoms with Crippen molar-refractivity contribution in [2.24, 2.45) is 0 Å². The molecule has 2 aromatic rings. The minimum absolute atomic E-state index is 0.127. The summed E-state index contributed by atoms with van der Waals surface area (Å²) >= 11 is 11.5. The summed E-state index contributed by atoms with van der Waals surface area (Å²) in [5, 5.41) is 7.56. The lowest BCUT2D eigenvalue weighted by atomic mass is 9.85. The molecule has 2 N–H and O–H groups in total. The van der Waals surface area contributed by atoms with Crippen molar-refractivity contribution < 1.29 is 14.3 Å². The van der Waals surface area contributed by atoms with Crippen molar-refractivity contribution in [2.75, 3.05) is 7.11 Å². The van der Waals surface area contributed by atoms with Crippen LogP contribution in [0.5, 0.6) is 11.5 Å². The van der Waals surface area contributed by atoms with Gasteiger partial charge in [0, 0.05) is 28.3 Å². The SMILES string of the molecule is COc1cccc(C2NC(=S)NC3=C2C(=O)CCC3)c1OCc1cccc(Cl)c1. The van der Waals surface area contributed by atoms with Gasteiger partial charge in [0.2, 0.25) is 0 Å². The van der Waals surface area contributed by atoms with Gasteiger partial charge in [0.1, 0.15) is 6.61 Å². The van der Waals surface area contributed by atoms with Crippen LogP contribution in [0.1, 0.15) is 36.4 Å². The predicted octanol–water partition coefficient (Wildman–Crippen LogP) is 4.45. The number of ether oxygens (including phenoxy) is 2. The maximum atomic E-state index is 12.7. The second kappa shape index (κ2) is 8.43. The fourth-order valence-electron chi connectivity index (χ4n) is 3.80. The Kier molecular flexibility index (Phi) is 5.74. The molecule has 29 heavy (non-hydrogen) atoms. The van der Waals surface area contributed by atoms with E-state index in [2.05, 4.69) is 10.6 Å². The van der Waals surface area contributed by atoms with Crippen molar-refractivity contribution in [3.63, 3.8) is 0 Å². The van der Waals surface area contributed by atoms with Crippen molar-refractivity contribution in [2.45, 2.75) is 31.9 Å². The zero-order chi connectivity index (χ0) is 20.4. The molecule has 2 aliphatic rings. The topological polar surface area (TPSA) is 59.6 Å². The van der Waals surface area contributed by atoms with Crippen LogP contribution in [0.25, 0.3) is 0 Å². The third-order valence-electron chi connectivity index (χ3n) is 5.10. The second-order valence-electron chi connectivity index (χ2n) is 7.00. The van der Waals surface area contributed by atoms with Crippen LogP contribution in [0.15, 0.2) is 53.7 Å². The van der Waals surface area contributed by atoms with Crippen LogP contribution >= 0.6 is 23.8 Å². The summed E-state index contributed by atoms with van der Waals surface area (Å²) in [7, 11) is 1.60. The molecule has 1 heterocycles. The van der Waals surface area contributed by atoms with E-state index in [4.69, 9.17) is 33.3 Å². The molecule has 1 atom stereocenters. The summed E-state index contributed by atoms with van der Waals surface area (Å²) in [6.07, 6.45) is 2.17. The molecule has 4 rings (SSSR count). The van der Waals surface area contributed by atoms with Crippen LogP contribution in [-0.4, -0.2) is 18.0 Å². The minimum Gasteiger partial charge on any atom is -0.493 e. The van der Waals surface area contributed by atoms with Crippen molar-refractivity contribution in [1.82, 2.24) is 10.6 Å². The normalized spacial score (nSPS) is 18.6. The zero-order valence-corrected chi connectivity index (χ0v) is 17.5. The average molecular weight is 429 g/mol. The largest absolute Gasteiger partial charge is 0.493 e. The number of hydrogen-bond acceptors (Lipinski definition) is 4. The molecular formula is C22H21ClN2O3S. The highest BCUT2D eigenvalue weighted by Crippen LogP contribution is 2.41. The lowest BCUT2D eigenvalue weighted by molar-refractivity contribution is -0.116. The number of hydrogen-bond donors (Lipinski definition) is 2. The number of allylic oxidation sites excluding steroid dienone is 1. The van der Waals surface area contributed by atoms with Crippen LogP contribution < -0.4 is 20.1 Å². The van der Waals surface area contributed by atoms with E-state index in [0.29, 0.717) is 34.7 Å². The van der Waals surface area contributed by atoms with E-state index < -0.39 is 0 Å². The van der Waals surface area contributed by atoms with Gasteiger partial charge in [-0.3, -0.25) is 4.79 Å². The molecule has 7 heteroatoms. The Hall–Kier alpha value is -2.57. The van der Waals surface area contributed by atoms with Gasteiger partial charge in [0.15, 0.2) is 22.4 Å². The molecule has 0 radical (unpaired) electrons. The minimum atomic E-state index is -0.379. The van der Waals surface area contributed by atoms with Crippen LogP contribution in [-0.2, 0) is 11.4 Å². The Labute approximate surface area is 180 Å². The number of carbonyl (C=O) groups is 1. The first-order valence-corrected chi connectivity index (χ1v) is 10.2. The van der Waals surface area contributed by atoms with E-state index >= 15 is 0 Å². The number of thiocarbonyl (C=S) groups is 1. The van der Waals surface area contributed by atoms with Gasteiger partial charge in [0.25, 0.3) is 0 Å². The standard InChI is InChI=1S/C22H21ClN2O3S/c1-27-18-10-3-7-15(21(18)28-12-13-5-2-6-14(23)11-13)20-19-16(24-22(29)25-20)8-4-9-17(19)26/h2-3,5-7,10-11,20H,4,8-9,12H2,1H3,(H2,24,25,29). The fourth-order valence-corrected chi connectivity index (χ4v) is 4.25. The summed E-state index contributed by atoms with van der Waals surface area (Å²) in [5.74, 6) is 1.31. The lowest BCUT2D eigenvalue weighted by Crippen LogP contribution is -2.46. The molecule has 0 fully saturated rings. The van der Waals surface area contributed by atoms with Gasteiger partial charge in [-0.05, 0) is 48.8 Å². The number of nitrogens with one attached hydrogen (secondary N) is 2. The Balaban J connectivity index is 1.73. The van der Waals surface area contributed by atoms with E-state index in [9.17, 15) is 4.79 Å². The van der Waals surface area contributed by atoms with Gasteiger partial charge >= 0.3 is 0 Å². The molecule has 1 unspecified atom stereocenters. The first kappa shape index (κ1) is 19.7. The van der Waals surface area contributed by atoms with Gasteiger partial charge in [0.05, 0.1) is 13.2 Å². The molecular weight excluding hydrogens is 408 g/mol. The molecule has 2 aromatic carbocycles. The first-order chi connectivity index (χ1) is 14.1. The molecule has 0 amide bonds. The third-order valence-corrected chi connectivity index (χ3v) is 5.55. The van der Waals surface area contributed by atoms with Crippen LogP contribution in [0.4, 0.5) is 0 Å². The van der Waals surface area contributed by atoms with E-state index in [-0.39, 0.29) is 11.8 Å². The van der Waals surface area contributed by atoms with Crippen molar-refractivity contribution in [3.05, 3.63) is 69.9 Å². The first-order valence-electron chi connectivity index (χ1n) is 9.44. The third kappa shape index (κ3) is 4.09. The Morgan fingerprint density at radius 1 is 1.21 bits per heavy atom. The number of halogens is 1. The highest BCUT2D eigenvalue weighted by molar-refractivity contribution is 7.80. The van der Waals surface area contributed by atoms with Gasteiger partial charge in [-0.1, -0.05) is 35.9 Å². The molecule has 0 spiro atoms. The van der Waals surface area contributed by atoms with Crippen LogP contribution in [0.3, 0.4) is 0 Å². The maximum Gasteiger partial charge on any atom is 0.171 e. The molecule has 0 saturated carbocycles. The summed E-state index contributed by atoms with van der Waals surface area (Å²) in [6, 6.07) is 12.8. The lowest BCUT2D eigenvalue weighted by Gasteiger charge is -2.34. The molecule has 0 saturated heterocycles. The molecule has 1 aliphatic carbocycles. The summed E-state index contributed by atoms with van der Waals surface area (Å²) in [4.78, 5) is 12.7. The fraction of sp³-hybridized carbons (Fsp3) is 0.273. The predicted molar refractivity (Wildman–Crippen MR) is 116 cm³/mol. The number of carbonyl (C=O) groups excluding carboxylic acids is 1. The van der Waals surface area contributed by atoms with E-state index in [1.54, 1.807) is 7.11 Å². The van der Waals surface area contributed by atoms with Crippen molar-refractivity contribution in [1.29, 1.82) is 0 Å². The highest BCUT2D eigenvalue weighted by atomic mass is 35.5. The molecule has 150 valence electrons. The Bertz CT molecular complexity index is 1010. The number of ketones is 1. The Morgan fingerprint density at radius 3 is 2.83 bits per heavy atom. The summed E-state index contributed by atoms with van der Waals surface area (Å²) < 4.78 is 11.7.